The number of hydrogen-bond acceptors (Lipinski definition) is 7. The number of nitrogens with one attached hydrogen (secondary N) is 1. The standard InChI is InChI=1S/C19H25F4N3.C4H6O6/c1-18(2,13-24)7-10-26(16-5-8-25-9-6-16)12-14-3-4-15(20)11-17(14)19(21,22)23;5-1(3(7)8)2(6)4(9)10/h3-4,11,16,25H,5-10,12H2,1-2H3;1-2,5-6H,(H,7,8)(H,9,10). The fourth-order valence-corrected chi connectivity index (χ4v) is 3.48. The number of piperidine rings is 1. The van der Waals surface area contributed by atoms with Crippen LogP contribution < -0.4 is 5.32 Å². The van der Waals surface area contributed by atoms with Crippen molar-refractivity contribution in [2.45, 2.75) is 64.1 Å². The molecule has 0 amide bonds. The normalized spacial score (nSPS) is 16.4. The van der Waals surface area contributed by atoms with Crippen LogP contribution in [0.2, 0.25) is 0 Å². The molecule has 2 atom stereocenters. The van der Waals surface area contributed by atoms with Gasteiger partial charge in [-0.1, -0.05) is 6.07 Å². The number of alkyl halides is 3. The smallest absolute Gasteiger partial charge is 0.416 e. The number of rotatable bonds is 9. The number of halogens is 4. The van der Waals surface area contributed by atoms with Gasteiger partial charge in [0.15, 0.2) is 12.2 Å². The summed E-state index contributed by atoms with van der Waals surface area (Å²) in [6.45, 7) is 5.91. The van der Waals surface area contributed by atoms with Crippen LogP contribution in [0.5, 0.6) is 0 Å². The number of carboxylic acids is 2. The first-order chi connectivity index (χ1) is 16.6. The van der Waals surface area contributed by atoms with E-state index in [4.69, 9.17) is 20.4 Å². The minimum absolute atomic E-state index is 0.0761. The van der Waals surface area contributed by atoms with Crippen molar-refractivity contribution in [2.75, 3.05) is 19.6 Å². The third-order valence-corrected chi connectivity index (χ3v) is 5.71. The van der Waals surface area contributed by atoms with Gasteiger partial charge in [-0.15, -0.1) is 0 Å². The molecule has 1 aliphatic heterocycles. The van der Waals surface area contributed by atoms with E-state index in [0.717, 1.165) is 32.0 Å². The lowest BCUT2D eigenvalue weighted by Crippen LogP contribution is -2.44. The minimum Gasteiger partial charge on any atom is -0.479 e. The lowest BCUT2D eigenvalue weighted by atomic mass is 9.90. The van der Waals surface area contributed by atoms with Crippen molar-refractivity contribution >= 4 is 11.9 Å². The second kappa shape index (κ2) is 13.5. The molecule has 2 unspecified atom stereocenters. The lowest BCUT2D eigenvalue weighted by molar-refractivity contribution is -0.165. The van der Waals surface area contributed by atoms with E-state index in [9.17, 15) is 32.4 Å². The number of nitriles is 1. The van der Waals surface area contributed by atoms with Gasteiger partial charge in [0.25, 0.3) is 0 Å². The van der Waals surface area contributed by atoms with Crippen molar-refractivity contribution in [3.05, 3.63) is 35.1 Å². The Balaban J connectivity index is 0.000000548. The molecule has 0 aliphatic carbocycles. The van der Waals surface area contributed by atoms with E-state index < -0.39 is 47.1 Å². The summed E-state index contributed by atoms with van der Waals surface area (Å²) < 4.78 is 53.3. The van der Waals surface area contributed by atoms with Gasteiger partial charge in [0.2, 0.25) is 0 Å². The third kappa shape index (κ3) is 10.1. The van der Waals surface area contributed by atoms with Crippen LogP contribution in [-0.4, -0.2) is 75.1 Å². The van der Waals surface area contributed by atoms with Gasteiger partial charge in [0.1, 0.15) is 5.82 Å². The Morgan fingerprint density at radius 2 is 1.67 bits per heavy atom. The highest BCUT2D eigenvalue weighted by Gasteiger charge is 2.35. The zero-order chi connectivity index (χ0) is 27.7. The largest absolute Gasteiger partial charge is 0.479 e. The monoisotopic (exact) mass is 521 g/mol. The summed E-state index contributed by atoms with van der Waals surface area (Å²) in [6.07, 6.45) is -6.88. The zero-order valence-corrected chi connectivity index (χ0v) is 19.9. The number of aliphatic carboxylic acids is 2. The van der Waals surface area contributed by atoms with Crippen molar-refractivity contribution in [3.63, 3.8) is 0 Å². The van der Waals surface area contributed by atoms with E-state index in [1.807, 2.05) is 18.7 Å². The second-order valence-electron chi connectivity index (χ2n) is 9.06. The van der Waals surface area contributed by atoms with Crippen LogP contribution in [0.15, 0.2) is 18.2 Å². The molecule has 1 aromatic rings. The Hall–Kier alpha value is -2.79. The lowest BCUT2D eigenvalue weighted by Gasteiger charge is -2.36. The summed E-state index contributed by atoms with van der Waals surface area (Å²) in [7, 11) is 0. The zero-order valence-electron chi connectivity index (χ0n) is 19.9. The number of nitrogens with zero attached hydrogens (tertiary/aromatic N) is 2. The summed E-state index contributed by atoms with van der Waals surface area (Å²) in [6, 6.07) is 5.25. The molecule has 5 N–H and O–H groups in total. The molecule has 13 heteroatoms. The molecule has 9 nitrogen and oxygen atoms in total. The van der Waals surface area contributed by atoms with Crippen LogP contribution in [-0.2, 0) is 22.3 Å². The molecule has 1 fully saturated rings. The summed E-state index contributed by atoms with van der Waals surface area (Å²) in [5, 5.41) is 45.0. The number of carbonyl (C=O) groups is 2. The van der Waals surface area contributed by atoms with E-state index in [2.05, 4.69) is 11.4 Å². The highest BCUT2D eigenvalue weighted by atomic mass is 19.4. The molecule has 0 bridgehead atoms. The quantitative estimate of drug-likeness (QED) is 0.308. The summed E-state index contributed by atoms with van der Waals surface area (Å²) in [5.41, 5.74) is -1.39. The number of carboxylic acid groups (broad SMARTS) is 2. The van der Waals surface area contributed by atoms with E-state index in [-0.39, 0.29) is 18.2 Å². The van der Waals surface area contributed by atoms with E-state index in [1.54, 1.807) is 0 Å². The highest BCUT2D eigenvalue weighted by molar-refractivity contribution is 5.83. The SMILES string of the molecule is CC(C)(C#N)CCN(Cc1ccc(F)cc1C(F)(F)F)C1CCNCC1.O=C(O)C(O)C(O)C(=O)O. The number of benzene rings is 1. The van der Waals surface area contributed by atoms with Gasteiger partial charge in [-0.3, -0.25) is 4.90 Å². The number of aliphatic hydroxyl groups excluding tert-OH is 2. The molecule has 0 spiro atoms. The average molecular weight is 522 g/mol. The van der Waals surface area contributed by atoms with Crippen molar-refractivity contribution in [2.24, 2.45) is 5.41 Å². The van der Waals surface area contributed by atoms with Crippen molar-refractivity contribution in [3.8, 4) is 6.07 Å². The van der Waals surface area contributed by atoms with E-state index >= 15 is 0 Å². The fraction of sp³-hybridized carbons (Fsp3) is 0.609. The predicted molar refractivity (Wildman–Crippen MR) is 119 cm³/mol. The van der Waals surface area contributed by atoms with Gasteiger partial charge in [0, 0.05) is 19.1 Å². The molecule has 202 valence electrons. The Morgan fingerprint density at radius 3 is 2.11 bits per heavy atom. The van der Waals surface area contributed by atoms with Gasteiger partial charge in [-0.25, -0.2) is 14.0 Å². The van der Waals surface area contributed by atoms with Gasteiger partial charge in [-0.2, -0.15) is 18.4 Å². The summed E-state index contributed by atoms with van der Waals surface area (Å²) in [5.74, 6) is -4.43. The maximum Gasteiger partial charge on any atom is 0.416 e. The summed E-state index contributed by atoms with van der Waals surface area (Å²) >= 11 is 0. The van der Waals surface area contributed by atoms with Gasteiger partial charge >= 0.3 is 18.1 Å². The second-order valence-corrected chi connectivity index (χ2v) is 9.06. The van der Waals surface area contributed by atoms with Gasteiger partial charge in [0.05, 0.1) is 17.0 Å². The van der Waals surface area contributed by atoms with Gasteiger partial charge < -0.3 is 25.7 Å². The Morgan fingerprint density at radius 1 is 1.14 bits per heavy atom. The van der Waals surface area contributed by atoms with Crippen LogP contribution in [0, 0.1) is 22.6 Å². The maximum absolute atomic E-state index is 13.4. The first-order valence-electron chi connectivity index (χ1n) is 11.1. The molecular formula is C23H31F4N3O6. The summed E-state index contributed by atoms with van der Waals surface area (Å²) in [4.78, 5) is 21.6. The van der Waals surface area contributed by atoms with E-state index in [0.29, 0.717) is 19.0 Å². The molecule has 0 radical (unpaired) electrons. The average Bonchev–Trinajstić information content (AvgIpc) is 2.81. The predicted octanol–water partition coefficient (Wildman–Crippen LogP) is 2.22. The molecule has 2 rings (SSSR count). The molecular weight excluding hydrogens is 490 g/mol. The fourth-order valence-electron chi connectivity index (χ4n) is 3.48. The maximum atomic E-state index is 13.4. The number of aliphatic hydroxyl groups is 2. The minimum atomic E-state index is -4.59. The van der Waals surface area contributed by atoms with Crippen molar-refractivity contribution in [1.29, 1.82) is 5.26 Å². The van der Waals surface area contributed by atoms with Crippen LogP contribution in [0.1, 0.15) is 44.2 Å². The van der Waals surface area contributed by atoms with Crippen LogP contribution in [0.3, 0.4) is 0 Å². The topological polar surface area (TPSA) is 154 Å². The molecule has 1 saturated heterocycles. The number of hydrogen-bond donors (Lipinski definition) is 5. The third-order valence-electron chi connectivity index (χ3n) is 5.71. The van der Waals surface area contributed by atoms with E-state index in [1.165, 1.54) is 6.07 Å². The molecule has 36 heavy (non-hydrogen) atoms. The van der Waals surface area contributed by atoms with Crippen molar-refractivity contribution in [1.82, 2.24) is 10.2 Å². The Bertz CT molecular complexity index is 911. The van der Waals surface area contributed by atoms with Crippen molar-refractivity contribution < 1.29 is 47.6 Å². The molecule has 1 aromatic carbocycles. The van der Waals surface area contributed by atoms with Crippen LogP contribution in [0.25, 0.3) is 0 Å². The Kier molecular flexibility index (Phi) is 11.7. The first kappa shape index (κ1) is 31.2. The molecule has 0 saturated carbocycles. The van der Waals surface area contributed by atoms with Crippen LogP contribution in [0.4, 0.5) is 17.6 Å². The molecule has 1 aliphatic rings. The molecule has 1 heterocycles. The Labute approximate surface area is 205 Å². The highest BCUT2D eigenvalue weighted by Crippen LogP contribution is 2.34. The first-order valence-corrected chi connectivity index (χ1v) is 11.1. The molecule has 0 aromatic heterocycles. The van der Waals surface area contributed by atoms with Crippen LogP contribution >= 0.6 is 0 Å². The van der Waals surface area contributed by atoms with Gasteiger partial charge in [-0.05, 0) is 63.9 Å².